The largest absolute Gasteiger partial charge is 0.497 e. The van der Waals surface area contributed by atoms with E-state index in [1.165, 1.54) is 7.11 Å². The number of benzene rings is 1. The maximum Gasteiger partial charge on any atom is 0.218 e. The van der Waals surface area contributed by atoms with Crippen molar-refractivity contribution in [2.24, 2.45) is 0 Å². The van der Waals surface area contributed by atoms with Crippen molar-refractivity contribution in [3.05, 3.63) is 29.8 Å². The smallest absolute Gasteiger partial charge is 0.218 e. The third-order valence-electron chi connectivity index (χ3n) is 3.65. The number of hydrogen-bond acceptors (Lipinski definition) is 6. The van der Waals surface area contributed by atoms with Gasteiger partial charge in [0.25, 0.3) is 0 Å². The molecule has 1 aliphatic heterocycles. The van der Waals surface area contributed by atoms with Crippen molar-refractivity contribution in [3.63, 3.8) is 0 Å². The minimum absolute atomic E-state index is 0.121. The van der Waals surface area contributed by atoms with Gasteiger partial charge in [-0.2, -0.15) is 5.06 Å². The fourth-order valence-electron chi connectivity index (χ4n) is 2.47. The standard InChI is InChI=1S/C14H22N2O5S/c1-16-14(11-4-6-12(20-3)7-5-11)13(10-21-16)22(17,18)15-8-9-19-2/h4-7,13-15H,8-10H2,1-3H3. The van der Waals surface area contributed by atoms with Crippen LogP contribution in [0.25, 0.3) is 0 Å². The number of nitrogens with one attached hydrogen (secondary N) is 1. The van der Waals surface area contributed by atoms with E-state index in [1.54, 1.807) is 19.2 Å². The molecule has 0 aliphatic carbocycles. The van der Waals surface area contributed by atoms with Crippen LogP contribution in [0.2, 0.25) is 0 Å². The Hall–Kier alpha value is -1.19. The minimum atomic E-state index is -3.51. The average molecular weight is 330 g/mol. The van der Waals surface area contributed by atoms with Gasteiger partial charge in [-0.15, -0.1) is 0 Å². The van der Waals surface area contributed by atoms with Crippen LogP contribution in [0.5, 0.6) is 5.75 Å². The van der Waals surface area contributed by atoms with Gasteiger partial charge in [0.05, 0.1) is 26.4 Å². The van der Waals surface area contributed by atoms with E-state index >= 15 is 0 Å². The van der Waals surface area contributed by atoms with Gasteiger partial charge in [-0.25, -0.2) is 13.1 Å². The Balaban J connectivity index is 2.19. The topological polar surface area (TPSA) is 77.1 Å². The van der Waals surface area contributed by atoms with Crippen molar-refractivity contribution in [1.29, 1.82) is 0 Å². The lowest BCUT2D eigenvalue weighted by Crippen LogP contribution is -2.40. The van der Waals surface area contributed by atoms with E-state index in [0.29, 0.717) is 6.61 Å². The first-order chi connectivity index (χ1) is 10.5. The van der Waals surface area contributed by atoms with Gasteiger partial charge < -0.3 is 9.47 Å². The molecule has 0 saturated carbocycles. The molecular weight excluding hydrogens is 308 g/mol. The summed E-state index contributed by atoms with van der Waals surface area (Å²) in [6.07, 6.45) is 0. The van der Waals surface area contributed by atoms with E-state index in [4.69, 9.17) is 14.3 Å². The van der Waals surface area contributed by atoms with Crippen LogP contribution in [0, 0.1) is 0 Å². The van der Waals surface area contributed by atoms with Crippen molar-refractivity contribution in [2.45, 2.75) is 11.3 Å². The zero-order chi connectivity index (χ0) is 16.2. The van der Waals surface area contributed by atoms with Crippen molar-refractivity contribution in [2.75, 3.05) is 41.0 Å². The van der Waals surface area contributed by atoms with Crippen LogP contribution in [0.4, 0.5) is 0 Å². The first kappa shape index (κ1) is 17.2. The fraction of sp³-hybridized carbons (Fsp3) is 0.571. The van der Waals surface area contributed by atoms with Crippen LogP contribution < -0.4 is 9.46 Å². The molecule has 124 valence electrons. The molecule has 2 atom stereocenters. The lowest BCUT2D eigenvalue weighted by Gasteiger charge is -2.23. The van der Waals surface area contributed by atoms with Crippen LogP contribution in [-0.4, -0.2) is 59.8 Å². The van der Waals surface area contributed by atoms with E-state index in [9.17, 15) is 8.42 Å². The third-order valence-corrected chi connectivity index (χ3v) is 5.45. The van der Waals surface area contributed by atoms with Gasteiger partial charge in [0.15, 0.2) is 0 Å². The van der Waals surface area contributed by atoms with Gasteiger partial charge in [-0.3, -0.25) is 4.84 Å². The van der Waals surface area contributed by atoms with Crippen LogP contribution in [-0.2, 0) is 19.6 Å². The van der Waals surface area contributed by atoms with Gasteiger partial charge in [-0.1, -0.05) is 12.1 Å². The molecule has 1 fully saturated rings. The molecule has 2 rings (SSSR count). The maximum absolute atomic E-state index is 12.5. The van der Waals surface area contributed by atoms with Gasteiger partial charge in [0, 0.05) is 20.7 Å². The molecule has 7 nitrogen and oxygen atoms in total. The zero-order valence-electron chi connectivity index (χ0n) is 13.0. The number of ether oxygens (including phenoxy) is 2. The summed E-state index contributed by atoms with van der Waals surface area (Å²) >= 11 is 0. The summed E-state index contributed by atoms with van der Waals surface area (Å²) in [7, 11) is 1.35. The summed E-state index contributed by atoms with van der Waals surface area (Å²) in [5.74, 6) is 0.725. The Morgan fingerprint density at radius 1 is 1.32 bits per heavy atom. The lowest BCUT2D eigenvalue weighted by atomic mass is 10.0. The highest BCUT2D eigenvalue weighted by Crippen LogP contribution is 2.33. The highest BCUT2D eigenvalue weighted by molar-refractivity contribution is 7.90. The van der Waals surface area contributed by atoms with E-state index in [-0.39, 0.29) is 19.2 Å². The maximum atomic E-state index is 12.5. The van der Waals surface area contributed by atoms with Crippen LogP contribution in [0.1, 0.15) is 11.6 Å². The Morgan fingerprint density at radius 3 is 2.59 bits per heavy atom. The first-order valence-electron chi connectivity index (χ1n) is 6.96. The lowest BCUT2D eigenvalue weighted by molar-refractivity contribution is -0.110. The predicted molar refractivity (Wildman–Crippen MR) is 82.0 cm³/mol. The fourth-order valence-corrected chi connectivity index (χ4v) is 3.96. The number of sulfonamides is 1. The molecule has 1 aromatic carbocycles. The molecule has 8 heteroatoms. The number of hydrogen-bond donors (Lipinski definition) is 1. The molecule has 0 amide bonds. The number of nitrogens with zero attached hydrogens (tertiary/aromatic N) is 1. The zero-order valence-corrected chi connectivity index (χ0v) is 13.8. The second-order valence-electron chi connectivity index (χ2n) is 5.03. The average Bonchev–Trinajstić information content (AvgIpc) is 2.90. The monoisotopic (exact) mass is 330 g/mol. The first-order valence-corrected chi connectivity index (χ1v) is 8.51. The van der Waals surface area contributed by atoms with E-state index < -0.39 is 15.3 Å². The van der Waals surface area contributed by atoms with E-state index in [0.717, 1.165) is 11.3 Å². The normalized spacial score (nSPS) is 22.9. The summed E-state index contributed by atoms with van der Waals surface area (Å²) < 4.78 is 37.5. The van der Waals surface area contributed by atoms with E-state index in [2.05, 4.69) is 4.72 Å². The predicted octanol–water partition coefficient (Wildman–Crippen LogP) is 0.548. The summed E-state index contributed by atoms with van der Waals surface area (Å²) in [4.78, 5) is 5.43. The van der Waals surface area contributed by atoms with Crippen LogP contribution in [0.3, 0.4) is 0 Å². The summed E-state index contributed by atoms with van der Waals surface area (Å²) in [5, 5.41) is 0.907. The van der Waals surface area contributed by atoms with Gasteiger partial charge in [0.1, 0.15) is 11.0 Å². The molecule has 1 aliphatic rings. The van der Waals surface area contributed by atoms with Gasteiger partial charge >= 0.3 is 0 Å². The van der Waals surface area contributed by atoms with Crippen molar-refractivity contribution >= 4 is 10.0 Å². The number of rotatable bonds is 7. The molecule has 1 saturated heterocycles. The number of methoxy groups -OCH3 is 2. The molecule has 0 radical (unpaired) electrons. The molecule has 0 spiro atoms. The van der Waals surface area contributed by atoms with Crippen LogP contribution in [0.15, 0.2) is 24.3 Å². The molecule has 0 aromatic heterocycles. The quantitative estimate of drug-likeness (QED) is 0.736. The Kier molecular flexibility index (Phi) is 5.76. The molecule has 0 bridgehead atoms. The van der Waals surface area contributed by atoms with Crippen molar-refractivity contribution < 1.29 is 22.7 Å². The van der Waals surface area contributed by atoms with Crippen LogP contribution >= 0.6 is 0 Å². The second-order valence-corrected chi connectivity index (χ2v) is 7.01. The second kappa shape index (κ2) is 7.38. The Bertz CT molecular complexity index is 575. The van der Waals surface area contributed by atoms with Gasteiger partial charge in [0.2, 0.25) is 10.0 Å². The third kappa shape index (κ3) is 3.76. The molecule has 1 aromatic rings. The minimum Gasteiger partial charge on any atom is -0.497 e. The van der Waals surface area contributed by atoms with Crippen molar-refractivity contribution in [3.8, 4) is 5.75 Å². The molecule has 22 heavy (non-hydrogen) atoms. The number of hydroxylamine groups is 2. The van der Waals surface area contributed by atoms with E-state index in [1.807, 2.05) is 24.3 Å². The Morgan fingerprint density at radius 2 is 2.00 bits per heavy atom. The Labute approximate surface area is 131 Å². The highest BCUT2D eigenvalue weighted by atomic mass is 32.2. The molecule has 1 heterocycles. The summed E-state index contributed by atoms with van der Waals surface area (Å²) in [6.45, 7) is 0.694. The highest BCUT2D eigenvalue weighted by Gasteiger charge is 2.42. The summed E-state index contributed by atoms with van der Waals surface area (Å²) in [6, 6.07) is 6.96. The summed E-state index contributed by atoms with van der Waals surface area (Å²) in [5.41, 5.74) is 0.864. The SMILES string of the molecule is COCCNS(=O)(=O)C1CON(C)C1c1ccc(OC)cc1. The molecule has 1 N–H and O–H groups in total. The van der Waals surface area contributed by atoms with Gasteiger partial charge in [-0.05, 0) is 17.7 Å². The van der Waals surface area contributed by atoms with Crippen molar-refractivity contribution in [1.82, 2.24) is 9.79 Å². The molecular formula is C14H22N2O5S. The molecule has 2 unspecified atom stereocenters.